The Morgan fingerprint density at radius 2 is 2.35 bits per heavy atom. The monoisotopic (exact) mass is 300 g/mol. The Labute approximate surface area is 121 Å². The number of hydrogen-bond donors (Lipinski definition) is 2. The molecule has 1 aromatic rings. The largest absolute Gasteiger partial charge is 0.314 e. The van der Waals surface area contributed by atoms with E-state index in [1.165, 1.54) is 12.8 Å². The van der Waals surface area contributed by atoms with Gasteiger partial charge in [-0.1, -0.05) is 6.42 Å². The third-order valence-electron chi connectivity index (χ3n) is 3.77. The molecule has 1 aromatic heterocycles. The Hall–Kier alpha value is -0.920. The van der Waals surface area contributed by atoms with Crippen molar-refractivity contribution in [2.24, 2.45) is 7.05 Å². The van der Waals surface area contributed by atoms with Crippen LogP contribution in [0, 0.1) is 0 Å². The van der Waals surface area contributed by atoms with Crippen LogP contribution < -0.4 is 10.0 Å². The van der Waals surface area contributed by atoms with Crippen LogP contribution in [0.25, 0.3) is 0 Å². The number of nitrogens with one attached hydrogen (secondary N) is 2. The Morgan fingerprint density at radius 3 is 3.00 bits per heavy atom. The van der Waals surface area contributed by atoms with E-state index in [1.807, 2.05) is 13.1 Å². The zero-order valence-corrected chi connectivity index (χ0v) is 12.8. The van der Waals surface area contributed by atoms with Crippen molar-refractivity contribution < 1.29 is 8.42 Å². The van der Waals surface area contributed by atoms with Gasteiger partial charge in [0.1, 0.15) is 0 Å². The molecule has 7 heteroatoms. The van der Waals surface area contributed by atoms with Gasteiger partial charge in [-0.15, -0.1) is 0 Å². The maximum Gasteiger partial charge on any atom is 0.211 e. The van der Waals surface area contributed by atoms with Gasteiger partial charge in [0.25, 0.3) is 0 Å². The maximum atomic E-state index is 11.9. The first-order valence-corrected chi connectivity index (χ1v) is 8.90. The molecular weight excluding hydrogens is 276 g/mol. The van der Waals surface area contributed by atoms with Crippen LogP contribution in [0.1, 0.15) is 31.4 Å². The van der Waals surface area contributed by atoms with Gasteiger partial charge >= 0.3 is 0 Å². The minimum atomic E-state index is -3.17. The van der Waals surface area contributed by atoms with Gasteiger partial charge in [-0.3, -0.25) is 4.68 Å². The zero-order valence-electron chi connectivity index (χ0n) is 12.0. The van der Waals surface area contributed by atoms with Crippen molar-refractivity contribution in [3.63, 3.8) is 0 Å². The first kappa shape index (κ1) is 15.5. The van der Waals surface area contributed by atoms with Gasteiger partial charge in [-0.05, 0) is 31.9 Å². The zero-order chi connectivity index (χ0) is 14.4. The van der Waals surface area contributed by atoms with E-state index in [1.54, 1.807) is 10.9 Å². The van der Waals surface area contributed by atoms with Gasteiger partial charge in [0.2, 0.25) is 10.0 Å². The Kier molecular flexibility index (Phi) is 5.56. The molecule has 114 valence electrons. The minimum absolute atomic E-state index is 0.204. The van der Waals surface area contributed by atoms with E-state index in [9.17, 15) is 8.42 Å². The lowest BCUT2D eigenvalue weighted by Crippen LogP contribution is -2.37. The second kappa shape index (κ2) is 7.19. The van der Waals surface area contributed by atoms with Crippen molar-refractivity contribution >= 4 is 10.0 Å². The molecule has 0 saturated carbocycles. The average molecular weight is 300 g/mol. The molecule has 20 heavy (non-hydrogen) atoms. The van der Waals surface area contributed by atoms with Crippen LogP contribution in [0.15, 0.2) is 12.3 Å². The van der Waals surface area contributed by atoms with Crippen LogP contribution in [-0.2, 0) is 23.5 Å². The molecule has 1 saturated heterocycles. The number of aryl methyl sites for hydroxylation is 1. The van der Waals surface area contributed by atoms with Crippen molar-refractivity contribution in [2.75, 3.05) is 18.8 Å². The summed E-state index contributed by atoms with van der Waals surface area (Å²) in [5, 5.41) is 7.43. The molecule has 2 heterocycles. The molecule has 1 aliphatic rings. The quantitative estimate of drug-likeness (QED) is 0.765. The van der Waals surface area contributed by atoms with E-state index >= 15 is 0 Å². The number of piperidine rings is 1. The summed E-state index contributed by atoms with van der Waals surface area (Å²) in [6, 6.07) is 2.26. The molecule has 2 N–H and O–H groups in total. The van der Waals surface area contributed by atoms with E-state index < -0.39 is 10.0 Å². The minimum Gasteiger partial charge on any atom is -0.314 e. The van der Waals surface area contributed by atoms with Crippen molar-refractivity contribution in [1.82, 2.24) is 19.8 Å². The molecule has 6 nitrogen and oxygen atoms in total. The standard InChI is InChI=1S/C13H24N4O2S/c1-17-13(5-9-15-17)6-10-16-20(18,19)11-7-12-4-2-3-8-14-12/h5,9,12,14,16H,2-4,6-8,10-11H2,1H3. The van der Waals surface area contributed by atoms with Gasteiger partial charge in [-0.25, -0.2) is 13.1 Å². The molecule has 1 unspecified atom stereocenters. The highest BCUT2D eigenvalue weighted by Gasteiger charge is 2.17. The normalized spacial score (nSPS) is 20.1. The first-order chi connectivity index (χ1) is 9.57. The average Bonchev–Trinajstić information content (AvgIpc) is 2.83. The number of nitrogens with zero attached hydrogens (tertiary/aromatic N) is 2. The molecule has 0 aromatic carbocycles. The molecule has 0 spiro atoms. The lowest BCUT2D eigenvalue weighted by atomic mass is 10.0. The summed E-state index contributed by atoms with van der Waals surface area (Å²) in [5.41, 5.74) is 1.03. The molecule has 1 aliphatic heterocycles. The highest BCUT2D eigenvalue weighted by molar-refractivity contribution is 7.89. The van der Waals surface area contributed by atoms with E-state index in [4.69, 9.17) is 0 Å². The molecule has 2 rings (SSSR count). The molecular formula is C13H24N4O2S. The van der Waals surface area contributed by atoms with E-state index in [0.717, 1.165) is 18.7 Å². The summed E-state index contributed by atoms with van der Waals surface area (Å²) in [6.45, 7) is 1.44. The third kappa shape index (κ3) is 4.88. The molecule has 0 amide bonds. The fourth-order valence-electron chi connectivity index (χ4n) is 2.52. The summed E-state index contributed by atoms with van der Waals surface area (Å²) in [6.07, 6.45) is 6.57. The third-order valence-corrected chi connectivity index (χ3v) is 5.19. The summed E-state index contributed by atoms with van der Waals surface area (Å²) >= 11 is 0. The first-order valence-electron chi connectivity index (χ1n) is 7.24. The number of hydrogen-bond acceptors (Lipinski definition) is 4. The summed E-state index contributed by atoms with van der Waals surface area (Å²) < 4.78 is 28.3. The smallest absolute Gasteiger partial charge is 0.211 e. The summed E-state index contributed by atoms with van der Waals surface area (Å²) in [5.74, 6) is 0.204. The van der Waals surface area contributed by atoms with Crippen molar-refractivity contribution in [2.45, 2.75) is 38.1 Å². The lowest BCUT2D eigenvalue weighted by Gasteiger charge is -2.23. The number of sulfonamides is 1. The van der Waals surface area contributed by atoms with Crippen LogP contribution in [0.5, 0.6) is 0 Å². The molecule has 0 radical (unpaired) electrons. The van der Waals surface area contributed by atoms with Crippen LogP contribution in [0.3, 0.4) is 0 Å². The Morgan fingerprint density at radius 1 is 1.50 bits per heavy atom. The fraction of sp³-hybridized carbons (Fsp3) is 0.769. The lowest BCUT2D eigenvalue weighted by molar-refractivity contribution is 0.392. The Balaban J connectivity index is 1.69. The van der Waals surface area contributed by atoms with Gasteiger partial charge in [0.05, 0.1) is 5.75 Å². The van der Waals surface area contributed by atoms with E-state index in [0.29, 0.717) is 25.4 Å². The molecule has 0 bridgehead atoms. The van der Waals surface area contributed by atoms with Crippen molar-refractivity contribution in [3.8, 4) is 0 Å². The van der Waals surface area contributed by atoms with Gasteiger partial charge < -0.3 is 5.32 Å². The van der Waals surface area contributed by atoms with Crippen LogP contribution in [0.2, 0.25) is 0 Å². The van der Waals surface area contributed by atoms with Crippen LogP contribution in [-0.4, -0.2) is 43.1 Å². The maximum absolute atomic E-state index is 11.9. The Bertz CT molecular complexity index is 506. The van der Waals surface area contributed by atoms with Gasteiger partial charge in [0, 0.05) is 37.9 Å². The summed E-state index contributed by atoms with van der Waals surface area (Å²) in [7, 11) is -1.31. The van der Waals surface area contributed by atoms with Crippen LogP contribution >= 0.6 is 0 Å². The second-order valence-electron chi connectivity index (χ2n) is 5.34. The molecule has 1 fully saturated rings. The van der Waals surface area contributed by atoms with Gasteiger partial charge in [0.15, 0.2) is 0 Å². The molecule has 1 atom stereocenters. The number of rotatable bonds is 7. The number of aromatic nitrogens is 2. The predicted molar refractivity (Wildman–Crippen MR) is 79.0 cm³/mol. The molecule has 0 aliphatic carbocycles. The highest BCUT2D eigenvalue weighted by Crippen LogP contribution is 2.10. The highest BCUT2D eigenvalue weighted by atomic mass is 32.2. The van der Waals surface area contributed by atoms with Crippen molar-refractivity contribution in [3.05, 3.63) is 18.0 Å². The topological polar surface area (TPSA) is 76.0 Å². The van der Waals surface area contributed by atoms with E-state index in [2.05, 4.69) is 15.1 Å². The SMILES string of the molecule is Cn1nccc1CCNS(=O)(=O)CCC1CCCCN1. The second-order valence-corrected chi connectivity index (χ2v) is 7.27. The summed E-state index contributed by atoms with van der Waals surface area (Å²) in [4.78, 5) is 0. The van der Waals surface area contributed by atoms with Crippen LogP contribution in [0.4, 0.5) is 0 Å². The van der Waals surface area contributed by atoms with Crippen molar-refractivity contribution in [1.29, 1.82) is 0 Å². The van der Waals surface area contributed by atoms with Gasteiger partial charge in [-0.2, -0.15) is 5.10 Å². The predicted octanol–water partition coefficient (Wildman–Crippen LogP) is 0.414. The van der Waals surface area contributed by atoms with E-state index in [-0.39, 0.29) is 5.75 Å². The fourth-order valence-corrected chi connectivity index (χ4v) is 3.67.